The molecule has 1 aromatic carbocycles. The third-order valence-corrected chi connectivity index (χ3v) is 5.32. The van der Waals surface area contributed by atoms with Crippen LogP contribution in [0.4, 0.5) is 0 Å². The Morgan fingerprint density at radius 2 is 2.05 bits per heavy atom. The van der Waals surface area contributed by atoms with Crippen molar-refractivity contribution in [1.82, 2.24) is 9.78 Å². The molecule has 0 bridgehead atoms. The zero-order valence-corrected chi connectivity index (χ0v) is 13.8. The summed E-state index contributed by atoms with van der Waals surface area (Å²) < 4.78 is 2.15. The van der Waals surface area contributed by atoms with Crippen molar-refractivity contribution in [2.24, 2.45) is 5.92 Å². The Balaban J connectivity index is 1.86. The molecule has 1 fully saturated rings. The van der Waals surface area contributed by atoms with Crippen LogP contribution in [0.1, 0.15) is 44.7 Å². The van der Waals surface area contributed by atoms with E-state index in [9.17, 15) is 0 Å². The Bertz CT molecular complexity index is 575. The van der Waals surface area contributed by atoms with Crippen molar-refractivity contribution in [2.75, 3.05) is 0 Å². The van der Waals surface area contributed by atoms with E-state index >= 15 is 0 Å². The molecule has 1 aromatic heterocycles. The van der Waals surface area contributed by atoms with Crippen LogP contribution in [0.5, 0.6) is 0 Å². The molecule has 2 unspecified atom stereocenters. The largest absolute Gasteiger partial charge is 0.265 e. The minimum Gasteiger partial charge on any atom is -0.265 e. The topological polar surface area (TPSA) is 17.8 Å². The van der Waals surface area contributed by atoms with Crippen LogP contribution < -0.4 is 0 Å². The van der Waals surface area contributed by atoms with Gasteiger partial charge in [-0.25, -0.2) is 0 Å². The molecule has 1 aliphatic carbocycles. The Morgan fingerprint density at radius 1 is 1.25 bits per heavy atom. The Labute approximate surface area is 129 Å². The molecule has 0 radical (unpaired) electrons. The molecule has 3 rings (SSSR count). The van der Waals surface area contributed by atoms with E-state index in [0.717, 1.165) is 18.9 Å². The third kappa shape index (κ3) is 2.93. The average Bonchev–Trinajstić information content (AvgIpc) is 2.68. The second-order valence-corrected chi connectivity index (χ2v) is 7.26. The Morgan fingerprint density at radius 3 is 2.90 bits per heavy atom. The van der Waals surface area contributed by atoms with Crippen LogP contribution in [0.15, 0.2) is 24.3 Å². The summed E-state index contributed by atoms with van der Waals surface area (Å²) in [6.45, 7) is 3.12. The molecule has 0 amide bonds. The van der Waals surface area contributed by atoms with E-state index in [1.54, 1.807) is 0 Å². The van der Waals surface area contributed by atoms with E-state index in [1.807, 2.05) is 0 Å². The van der Waals surface area contributed by atoms with Crippen molar-refractivity contribution in [3.05, 3.63) is 30.0 Å². The predicted molar refractivity (Wildman–Crippen MR) is 88.4 cm³/mol. The summed E-state index contributed by atoms with van der Waals surface area (Å²) in [5.74, 6) is 0.783. The van der Waals surface area contributed by atoms with Gasteiger partial charge in [0.15, 0.2) is 0 Å². The minimum absolute atomic E-state index is 0.703. The fourth-order valence-corrected chi connectivity index (χ4v) is 4.30. The number of halogens is 1. The van der Waals surface area contributed by atoms with Crippen LogP contribution >= 0.6 is 15.9 Å². The highest BCUT2D eigenvalue weighted by atomic mass is 79.9. The van der Waals surface area contributed by atoms with Gasteiger partial charge in [0, 0.05) is 16.8 Å². The maximum atomic E-state index is 4.86. The van der Waals surface area contributed by atoms with Gasteiger partial charge in [0.05, 0.1) is 11.2 Å². The number of benzene rings is 1. The zero-order chi connectivity index (χ0) is 13.9. The van der Waals surface area contributed by atoms with Gasteiger partial charge in [0.2, 0.25) is 0 Å². The molecule has 20 heavy (non-hydrogen) atoms. The van der Waals surface area contributed by atoms with Gasteiger partial charge in [-0.2, -0.15) is 5.10 Å². The number of hydrogen-bond acceptors (Lipinski definition) is 1. The van der Waals surface area contributed by atoms with Gasteiger partial charge in [-0.1, -0.05) is 53.4 Å². The predicted octanol–water partition coefficient (Wildman–Crippen LogP) is 4.94. The van der Waals surface area contributed by atoms with Gasteiger partial charge in [0.25, 0.3) is 0 Å². The van der Waals surface area contributed by atoms with Crippen LogP contribution in [-0.2, 0) is 13.0 Å². The summed E-state index contributed by atoms with van der Waals surface area (Å²) >= 11 is 3.84. The van der Waals surface area contributed by atoms with Crippen molar-refractivity contribution in [2.45, 2.75) is 56.8 Å². The normalized spacial score (nSPS) is 23.9. The molecule has 3 heteroatoms. The third-order valence-electron chi connectivity index (χ3n) is 4.48. The lowest BCUT2D eigenvalue weighted by Gasteiger charge is -2.14. The first kappa shape index (κ1) is 14.1. The first-order valence-corrected chi connectivity index (χ1v) is 8.78. The number of rotatable bonds is 3. The first-order chi connectivity index (χ1) is 9.78. The minimum atomic E-state index is 0.703. The number of alkyl halides is 1. The highest BCUT2D eigenvalue weighted by molar-refractivity contribution is 9.09. The fraction of sp³-hybridized carbons (Fsp3) is 0.588. The highest BCUT2D eigenvalue weighted by Gasteiger charge is 2.21. The van der Waals surface area contributed by atoms with E-state index in [1.165, 1.54) is 48.7 Å². The summed E-state index contributed by atoms with van der Waals surface area (Å²) in [4.78, 5) is 0.703. The van der Waals surface area contributed by atoms with E-state index in [4.69, 9.17) is 5.10 Å². The van der Waals surface area contributed by atoms with Gasteiger partial charge in [-0.3, -0.25) is 4.68 Å². The number of para-hydroxylation sites is 1. The van der Waals surface area contributed by atoms with Crippen molar-refractivity contribution in [1.29, 1.82) is 0 Å². The summed E-state index contributed by atoms with van der Waals surface area (Å²) in [6, 6.07) is 8.66. The summed E-state index contributed by atoms with van der Waals surface area (Å²) in [7, 11) is 0. The molecule has 1 saturated carbocycles. The van der Waals surface area contributed by atoms with Gasteiger partial charge in [0.1, 0.15) is 0 Å². The van der Waals surface area contributed by atoms with Crippen LogP contribution in [0.2, 0.25) is 0 Å². The zero-order valence-electron chi connectivity index (χ0n) is 12.2. The molecule has 2 aromatic rings. The van der Waals surface area contributed by atoms with E-state index < -0.39 is 0 Å². The first-order valence-electron chi connectivity index (χ1n) is 7.86. The lowest BCUT2D eigenvalue weighted by Crippen LogP contribution is -2.09. The van der Waals surface area contributed by atoms with Crippen LogP contribution in [-0.4, -0.2) is 14.6 Å². The molecule has 0 aliphatic heterocycles. The van der Waals surface area contributed by atoms with E-state index in [-0.39, 0.29) is 0 Å². The maximum Gasteiger partial charge on any atom is 0.0706 e. The quantitative estimate of drug-likeness (QED) is 0.574. The molecule has 2 nitrogen and oxygen atoms in total. The number of nitrogens with zero attached hydrogens (tertiary/aromatic N) is 2. The average molecular weight is 335 g/mol. The highest BCUT2D eigenvalue weighted by Crippen LogP contribution is 2.31. The smallest absolute Gasteiger partial charge is 0.0706 e. The number of hydrogen-bond donors (Lipinski definition) is 0. The van der Waals surface area contributed by atoms with E-state index in [2.05, 4.69) is 51.8 Å². The van der Waals surface area contributed by atoms with Crippen molar-refractivity contribution < 1.29 is 0 Å². The van der Waals surface area contributed by atoms with Crippen LogP contribution in [0.25, 0.3) is 10.9 Å². The summed E-state index contributed by atoms with van der Waals surface area (Å²) in [6.07, 6.45) is 7.87. The molecule has 2 atom stereocenters. The second-order valence-electron chi connectivity index (χ2n) is 5.97. The number of aryl methyl sites for hydroxylation is 1. The summed E-state index contributed by atoms with van der Waals surface area (Å²) in [5.41, 5.74) is 2.59. The fourth-order valence-electron chi connectivity index (χ4n) is 3.44. The lowest BCUT2D eigenvalue weighted by atomic mass is 9.94. The van der Waals surface area contributed by atoms with Crippen molar-refractivity contribution in [3.8, 4) is 0 Å². The molecular formula is C17H23BrN2. The molecule has 0 spiro atoms. The van der Waals surface area contributed by atoms with Gasteiger partial charge < -0.3 is 0 Å². The molecule has 108 valence electrons. The Kier molecular flexibility index (Phi) is 4.45. The van der Waals surface area contributed by atoms with E-state index in [0.29, 0.717) is 4.83 Å². The Hall–Kier alpha value is -0.830. The standard InChI is InChI=1S/C17H23BrN2/c1-2-20-17-10-6-5-9-15(17)16(19-20)12-13-7-3-4-8-14(18)11-13/h5-6,9-10,13-14H,2-4,7-8,11-12H2,1H3. The molecule has 1 aliphatic rings. The number of aromatic nitrogens is 2. The molecular weight excluding hydrogens is 312 g/mol. The molecule has 0 saturated heterocycles. The van der Waals surface area contributed by atoms with Gasteiger partial charge in [-0.05, 0) is 38.2 Å². The molecule has 0 N–H and O–H groups in total. The van der Waals surface area contributed by atoms with Crippen molar-refractivity contribution >= 4 is 26.8 Å². The van der Waals surface area contributed by atoms with Crippen LogP contribution in [0.3, 0.4) is 0 Å². The maximum absolute atomic E-state index is 4.86. The molecule has 1 heterocycles. The monoisotopic (exact) mass is 334 g/mol. The number of fused-ring (bicyclic) bond motifs is 1. The van der Waals surface area contributed by atoms with Crippen molar-refractivity contribution in [3.63, 3.8) is 0 Å². The second kappa shape index (κ2) is 6.30. The lowest BCUT2D eigenvalue weighted by molar-refractivity contribution is 0.456. The van der Waals surface area contributed by atoms with Gasteiger partial charge in [-0.15, -0.1) is 0 Å². The summed E-state index contributed by atoms with van der Waals surface area (Å²) in [5, 5.41) is 6.21. The SMILES string of the molecule is CCn1nc(CC2CCCCC(Br)C2)c2ccccc21. The van der Waals surface area contributed by atoms with Crippen LogP contribution in [0, 0.1) is 5.92 Å². The van der Waals surface area contributed by atoms with Gasteiger partial charge >= 0.3 is 0 Å².